The zero-order valence-electron chi connectivity index (χ0n) is 9.47. The summed E-state index contributed by atoms with van der Waals surface area (Å²) in [5, 5.41) is 0. The summed E-state index contributed by atoms with van der Waals surface area (Å²) in [6, 6.07) is -0.210. The quantitative estimate of drug-likeness (QED) is 0.608. The molecule has 0 aromatic carbocycles. The van der Waals surface area contributed by atoms with E-state index in [2.05, 4.69) is 0 Å². The summed E-state index contributed by atoms with van der Waals surface area (Å²) in [5.74, 6) is -2.62. The van der Waals surface area contributed by atoms with Crippen LogP contribution in [-0.4, -0.2) is 38.9 Å². The first-order valence-electron chi connectivity index (χ1n) is 5.16. The summed E-state index contributed by atoms with van der Waals surface area (Å²) in [6.07, 6.45) is 0.781. The standard InChI is InChI=1S/C10H21F2NO2/c1-10(11,12)5-3-9(13)4-6-15-8-7-14-2/h9H,3-8,13H2,1-2H3. The van der Waals surface area contributed by atoms with E-state index in [4.69, 9.17) is 15.2 Å². The predicted molar refractivity (Wildman–Crippen MR) is 55.1 cm³/mol. The maximum absolute atomic E-state index is 12.5. The highest BCUT2D eigenvalue weighted by molar-refractivity contribution is 4.66. The van der Waals surface area contributed by atoms with Gasteiger partial charge in [0.25, 0.3) is 0 Å². The van der Waals surface area contributed by atoms with Crippen molar-refractivity contribution in [3.05, 3.63) is 0 Å². The smallest absolute Gasteiger partial charge is 0.245 e. The normalized spacial score (nSPS) is 14.2. The van der Waals surface area contributed by atoms with Crippen molar-refractivity contribution in [3.8, 4) is 0 Å². The summed E-state index contributed by atoms with van der Waals surface area (Å²) in [4.78, 5) is 0. The first kappa shape index (κ1) is 14.7. The average molecular weight is 225 g/mol. The van der Waals surface area contributed by atoms with Crippen molar-refractivity contribution in [2.45, 2.75) is 38.2 Å². The SMILES string of the molecule is COCCOCCC(N)CCC(C)(F)F. The van der Waals surface area contributed by atoms with Gasteiger partial charge in [0.05, 0.1) is 13.2 Å². The van der Waals surface area contributed by atoms with Crippen molar-refractivity contribution in [1.29, 1.82) is 0 Å². The van der Waals surface area contributed by atoms with Gasteiger partial charge < -0.3 is 15.2 Å². The van der Waals surface area contributed by atoms with Crippen molar-refractivity contribution < 1.29 is 18.3 Å². The van der Waals surface area contributed by atoms with Gasteiger partial charge in [0, 0.05) is 26.2 Å². The van der Waals surface area contributed by atoms with E-state index in [1.54, 1.807) is 7.11 Å². The number of halogens is 2. The summed E-state index contributed by atoms with van der Waals surface area (Å²) in [5.41, 5.74) is 5.65. The van der Waals surface area contributed by atoms with E-state index in [1.807, 2.05) is 0 Å². The van der Waals surface area contributed by atoms with Gasteiger partial charge in [0.15, 0.2) is 0 Å². The van der Waals surface area contributed by atoms with Crippen LogP contribution in [0.25, 0.3) is 0 Å². The van der Waals surface area contributed by atoms with Crippen LogP contribution in [0, 0.1) is 0 Å². The number of nitrogens with two attached hydrogens (primary N) is 1. The van der Waals surface area contributed by atoms with E-state index < -0.39 is 5.92 Å². The molecule has 0 bridgehead atoms. The molecule has 0 aromatic rings. The molecule has 0 rings (SSSR count). The van der Waals surface area contributed by atoms with Crippen LogP contribution in [0.5, 0.6) is 0 Å². The van der Waals surface area contributed by atoms with Crippen LogP contribution in [0.2, 0.25) is 0 Å². The van der Waals surface area contributed by atoms with Crippen molar-refractivity contribution in [2.75, 3.05) is 26.9 Å². The van der Waals surface area contributed by atoms with Gasteiger partial charge in [0.1, 0.15) is 0 Å². The highest BCUT2D eigenvalue weighted by Crippen LogP contribution is 2.19. The van der Waals surface area contributed by atoms with Crippen LogP contribution in [-0.2, 0) is 9.47 Å². The Morgan fingerprint density at radius 3 is 2.40 bits per heavy atom. The zero-order valence-corrected chi connectivity index (χ0v) is 9.47. The van der Waals surface area contributed by atoms with E-state index >= 15 is 0 Å². The van der Waals surface area contributed by atoms with Crippen molar-refractivity contribution in [2.24, 2.45) is 5.73 Å². The molecule has 0 amide bonds. The molecule has 0 heterocycles. The number of ether oxygens (including phenoxy) is 2. The number of methoxy groups -OCH3 is 1. The lowest BCUT2D eigenvalue weighted by Gasteiger charge is -2.15. The van der Waals surface area contributed by atoms with Crippen molar-refractivity contribution in [1.82, 2.24) is 0 Å². The highest BCUT2D eigenvalue weighted by atomic mass is 19.3. The average Bonchev–Trinajstić information content (AvgIpc) is 2.13. The Morgan fingerprint density at radius 2 is 1.87 bits per heavy atom. The highest BCUT2D eigenvalue weighted by Gasteiger charge is 2.21. The first-order valence-corrected chi connectivity index (χ1v) is 5.16. The summed E-state index contributed by atoms with van der Waals surface area (Å²) >= 11 is 0. The van der Waals surface area contributed by atoms with Crippen molar-refractivity contribution >= 4 is 0 Å². The molecule has 1 unspecified atom stereocenters. The lowest BCUT2D eigenvalue weighted by Crippen LogP contribution is -2.25. The Balaban J connectivity index is 3.30. The molecular formula is C10H21F2NO2. The van der Waals surface area contributed by atoms with Crippen LogP contribution in [0.3, 0.4) is 0 Å². The van der Waals surface area contributed by atoms with E-state index in [9.17, 15) is 8.78 Å². The number of alkyl halides is 2. The maximum Gasteiger partial charge on any atom is 0.245 e. The van der Waals surface area contributed by atoms with Gasteiger partial charge in [-0.2, -0.15) is 0 Å². The van der Waals surface area contributed by atoms with Crippen LogP contribution < -0.4 is 5.73 Å². The Morgan fingerprint density at radius 1 is 1.20 bits per heavy atom. The first-order chi connectivity index (χ1) is 6.95. The third-order valence-corrected chi connectivity index (χ3v) is 2.02. The molecule has 3 nitrogen and oxygen atoms in total. The third kappa shape index (κ3) is 11.7. The second-order valence-corrected chi connectivity index (χ2v) is 3.76. The van der Waals surface area contributed by atoms with E-state index in [0.717, 1.165) is 6.92 Å². The minimum atomic E-state index is -2.62. The van der Waals surface area contributed by atoms with Crippen LogP contribution in [0.15, 0.2) is 0 Å². The molecule has 0 fully saturated rings. The Bertz CT molecular complexity index is 151. The van der Waals surface area contributed by atoms with Crippen LogP contribution >= 0.6 is 0 Å². The molecule has 1 atom stereocenters. The van der Waals surface area contributed by atoms with Gasteiger partial charge in [-0.1, -0.05) is 0 Å². The number of hydrogen-bond acceptors (Lipinski definition) is 3. The fourth-order valence-electron chi connectivity index (χ4n) is 1.06. The molecule has 5 heteroatoms. The zero-order chi connectivity index (χ0) is 11.7. The molecule has 0 saturated carbocycles. The Hall–Kier alpha value is -0.260. The molecule has 0 aliphatic rings. The largest absolute Gasteiger partial charge is 0.382 e. The minimum absolute atomic E-state index is 0.160. The monoisotopic (exact) mass is 225 g/mol. The minimum Gasteiger partial charge on any atom is -0.382 e. The second-order valence-electron chi connectivity index (χ2n) is 3.76. The number of rotatable bonds is 9. The second kappa shape index (κ2) is 7.96. The predicted octanol–water partition coefficient (Wildman–Crippen LogP) is 1.80. The molecule has 0 spiro atoms. The molecule has 0 saturated heterocycles. The van der Waals surface area contributed by atoms with Crippen LogP contribution in [0.4, 0.5) is 8.78 Å². The van der Waals surface area contributed by atoms with E-state index in [0.29, 0.717) is 32.7 Å². The van der Waals surface area contributed by atoms with Crippen molar-refractivity contribution in [3.63, 3.8) is 0 Å². The fraction of sp³-hybridized carbons (Fsp3) is 1.00. The molecule has 0 aromatic heterocycles. The van der Waals surface area contributed by atoms with Gasteiger partial charge in [-0.15, -0.1) is 0 Å². The molecule has 0 aliphatic heterocycles. The van der Waals surface area contributed by atoms with Gasteiger partial charge in [-0.3, -0.25) is 0 Å². The fourth-order valence-corrected chi connectivity index (χ4v) is 1.06. The Labute approximate surface area is 89.9 Å². The molecule has 0 radical (unpaired) electrons. The topological polar surface area (TPSA) is 44.5 Å². The summed E-state index contributed by atoms with van der Waals surface area (Å²) < 4.78 is 34.9. The number of hydrogen-bond donors (Lipinski definition) is 1. The van der Waals surface area contributed by atoms with E-state index in [1.165, 1.54) is 0 Å². The van der Waals surface area contributed by atoms with Gasteiger partial charge in [-0.05, 0) is 19.8 Å². The molecule has 92 valence electrons. The summed E-state index contributed by atoms with van der Waals surface area (Å²) in [7, 11) is 1.60. The third-order valence-electron chi connectivity index (χ3n) is 2.02. The van der Waals surface area contributed by atoms with Gasteiger partial charge in [-0.25, -0.2) is 8.78 Å². The lowest BCUT2D eigenvalue weighted by atomic mass is 10.1. The van der Waals surface area contributed by atoms with Gasteiger partial charge in [0.2, 0.25) is 5.92 Å². The molecule has 15 heavy (non-hydrogen) atoms. The molecule has 0 aliphatic carbocycles. The maximum atomic E-state index is 12.5. The summed E-state index contributed by atoms with van der Waals surface area (Å²) in [6.45, 7) is 2.48. The van der Waals surface area contributed by atoms with Crippen LogP contribution in [0.1, 0.15) is 26.2 Å². The Kier molecular flexibility index (Phi) is 7.82. The lowest BCUT2D eigenvalue weighted by molar-refractivity contribution is 0.00774. The molecule has 2 N–H and O–H groups in total. The van der Waals surface area contributed by atoms with E-state index in [-0.39, 0.29) is 12.5 Å². The molecular weight excluding hydrogens is 204 g/mol. The van der Waals surface area contributed by atoms with Gasteiger partial charge >= 0.3 is 0 Å².